The van der Waals surface area contributed by atoms with Crippen LogP contribution >= 0.6 is 0 Å². The number of anilines is 1. The van der Waals surface area contributed by atoms with Crippen molar-refractivity contribution in [1.29, 1.82) is 0 Å². The Bertz CT molecular complexity index is 2180. The van der Waals surface area contributed by atoms with Crippen LogP contribution in [0.3, 0.4) is 0 Å². The Morgan fingerprint density at radius 1 is 1.15 bits per heavy atom. The standard InChI is InChI=1S/C32H26F4N6O6/c1-16-11-18(41-9-10-48-15-25(41)32(34,35)36)13-21(33)26(16)28(43)39-22(30(45)46)12-17-4-5-24(27-19(17)3-2-7-38-27)42-29(44)20-6-8-37-14-23(20)40-31(42)47/h2-8,11,13-14,22,25H,9-10,12,15H2,1H3,(H,39,43)(H,40,47)(H,45,46)/t22-,25+/m0/s1. The van der Waals surface area contributed by atoms with Crippen molar-refractivity contribution in [3.63, 3.8) is 0 Å². The zero-order chi connectivity index (χ0) is 34.3. The van der Waals surface area contributed by atoms with Crippen LogP contribution in [0.2, 0.25) is 0 Å². The summed E-state index contributed by atoms with van der Waals surface area (Å²) < 4.78 is 62.1. The second-order valence-corrected chi connectivity index (χ2v) is 11.1. The number of morpholine rings is 1. The molecule has 0 spiro atoms. The number of alkyl halides is 3. The number of halogens is 4. The van der Waals surface area contributed by atoms with E-state index in [1.54, 1.807) is 12.1 Å². The Kier molecular flexibility index (Phi) is 8.43. The van der Waals surface area contributed by atoms with Gasteiger partial charge in [-0.25, -0.2) is 18.5 Å². The minimum Gasteiger partial charge on any atom is -0.480 e. The third-order valence-electron chi connectivity index (χ3n) is 8.14. The number of hydrogen-bond donors (Lipinski definition) is 3. The summed E-state index contributed by atoms with van der Waals surface area (Å²) in [7, 11) is 0. The summed E-state index contributed by atoms with van der Waals surface area (Å²) in [5.41, 5.74) is -1.05. The molecule has 4 heterocycles. The lowest BCUT2D eigenvalue weighted by molar-refractivity contribution is -0.167. The molecule has 1 aliphatic rings. The van der Waals surface area contributed by atoms with Crippen molar-refractivity contribution < 1.29 is 37.0 Å². The van der Waals surface area contributed by atoms with Crippen molar-refractivity contribution >= 4 is 39.4 Å². The number of aryl methyl sites for hydroxylation is 1. The first kappa shape index (κ1) is 32.3. The van der Waals surface area contributed by atoms with Gasteiger partial charge < -0.3 is 25.0 Å². The molecule has 6 rings (SSSR count). The molecule has 3 N–H and O–H groups in total. The quantitative estimate of drug-likeness (QED) is 0.222. The highest BCUT2D eigenvalue weighted by atomic mass is 19.4. The number of aromatic nitrogens is 4. The number of H-pyrrole nitrogens is 1. The number of nitrogens with one attached hydrogen (secondary N) is 2. The molecule has 0 radical (unpaired) electrons. The summed E-state index contributed by atoms with van der Waals surface area (Å²) in [4.78, 5) is 63.7. The molecule has 1 saturated heterocycles. The van der Waals surface area contributed by atoms with Crippen LogP contribution in [0.1, 0.15) is 21.5 Å². The molecule has 48 heavy (non-hydrogen) atoms. The predicted molar refractivity (Wildman–Crippen MR) is 165 cm³/mol. The average Bonchev–Trinajstić information content (AvgIpc) is 3.04. The summed E-state index contributed by atoms with van der Waals surface area (Å²) in [5.74, 6) is -3.66. The minimum absolute atomic E-state index is 0.000104. The van der Waals surface area contributed by atoms with Gasteiger partial charge in [0.2, 0.25) is 0 Å². The molecule has 248 valence electrons. The highest BCUT2D eigenvalue weighted by Gasteiger charge is 2.45. The largest absolute Gasteiger partial charge is 0.480 e. The molecule has 0 saturated carbocycles. The lowest BCUT2D eigenvalue weighted by atomic mass is 9.99. The fourth-order valence-electron chi connectivity index (χ4n) is 5.87. The number of hydrogen-bond acceptors (Lipinski definition) is 8. The molecule has 5 aromatic rings. The normalized spacial score (nSPS) is 15.9. The molecule has 1 aliphatic heterocycles. The fraction of sp³-hybridized carbons (Fsp3) is 0.250. The third-order valence-corrected chi connectivity index (χ3v) is 8.14. The van der Waals surface area contributed by atoms with Crippen LogP contribution in [0.25, 0.3) is 27.5 Å². The van der Waals surface area contributed by atoms with Crippen LogP contribution in [-0.2, 0) is 16.0 Å². The van der Waals surface area contributed by atoms with Crippen LogP contribution < -0.4 is 21.5 Å². The first-order valence-electron chi connectivity index (χ1n) is 14.6. The molecular formula is C32H26F4N6O6. The monoisotopic (exact) mass is 666 g/mol. The van der Waals surface area contributed by atoms with E-state index in [1.807, 2.05) is 0 Å². The number of carboxylic acids is 1. The first-order chi connectivity index (χ1) is 22.8. The molecule has 16 heteroatoms. The Morgan fingerprint density at radius 2 is 1.94 bits per heavy atom. The highest BCUT2D eigenvalue weighted by Crippen LogP contribution is 2.33. The fourth-order valence-corrected chi connectivity index (χ4v) is 5.87. The number of carboxylic acid groups (broad SMARTS) is 1. The maximum atomic E-state index is 15.4. The van der Waals surface area contributed by atoms with Gasteiger partial charge in [0.15, 0.2) is 0 Å². The molecular weight excluding hydrogens is 640 g/mol. The molecule has 1 amide bonds. The number of carbonyl (C=O) groups excluding carboxylic acids is 1. The van der Waals surface area contributed by atoms with Gasteiger partial charge in [-0.15, -0.1) is 0 Å². The molecule has 3 aromatic heterocycles. The van der Waals surface area contributed by atoms with Crippen molar-refractivity contribution in [1.82, 2.24) is 24.8 Å². The van der Waals surface area contributed by atoms with Gasteiger partial charge in [0.05, 0.1) is 47.1 Å². The lowest BCUT2D eigenvalue weighted by Gasteiger charge is -2.38. The smallest absolute Gasteiger partial charge is 0.411 e. The van der Waals surface area contributed by atoms with Gasteiger partial charge in [-0.1, -0.05) is 12.1 Å². The number of amides is 1. The van der Waals surface area contributed by atoms with Crippen molar-refractivity contribution in [2.75, 3.05) is 24.7 Å². The van der Waals surface area contributed by atoms with Gasteiger partial charge in [0.25, 0.3) is 11.5 Å². The van der Waals surface area contributed by atoms with Gasteiger partial charge in [-0.2, -0.15) is 13.2 Å². The van der Waals surface area contributed by atoms with E-state index in [0.717, 1.165) is 15.5 Å². The van der Waals surface area contributed by atoms with Crippen molar-refractivity contribution in [2.45, 2.75) is 31.6 Å². The average molecular weight is 667 g/mol. The highest BCUT2D eigenvalue weighted by molar-refractivity contribution is 5.99. The summed E-state index contributed by atoms with van der Waals surface area (Å²) in [6.07, 6.45) is -0.776. The Labute approximate surface area is 267 Å². The molecule has 2 aromatic carbocycles. The predicted octanol–water partition coefficient (Wildman–Crippen LogP) is 3.26. The topological polar surface area (TPSA) is 160 Å². The maximum absolute atomic E-state index is 15.4. The van der Waals surface area contributed by atoms with E-state index in [2.05, 4.69) is 20.3 Å². The van der Waals surface area contributed by atoms with E-state index in [4.69, 9.17) is 4.74 Å². The summed E-state index contributed by atoms with van der Waals surface area (Å²) in [6.45, 7) is 0.545. The zero-order valence-corrected chi connectivity index (χ0v) is 25.0. The van der Waals surface area contributed by atoms with Crippen molar-refractivity contribution in [3.05, 3.63) is 104 Å². The van der Waals surface area contributed by atoms with E-state index < -0.39 is 59.4 Å². The summed E-state index contributed by atoms with van der Waals surface area (Å²) >= 11 is 0. The third kappa shape index (κ3) is 5.97. The van der Waals surface area contributed by atoms with E-state index in [0.29, 0.717) is 10.9 Å². The number of benzene rings is 2. The first-order valence-corrected chi connectivity index (χ1v) is 14.6. The number of fused-ring (bicyclic) bond motifs is 2. The Hall–Kier alpha value is -5.64. The number of carbonyl (C=O) groups is 2. The minimum atomic E-state index is -4.65. The second-order valence-electron chi connectivity index (χ2n) is 11.1. The maximum Gasteiger partial charge on any atom is 0.411 e. The zero-order valence-electron chi connectivity index (χ0n) is 25.0. The Balaban J connectivity index is 1.31. The van der Waals surface area contributed by atoms with Crippen LogP contribution in [0.4, 0.5) is 23.2 Å². The van der Waals surface area contributed by atoms with Gasteiger partial charge in [0.1, 0.15) is 17.9 Å². The molecule has 1 fully saturated rings. The van der Waals surface area contributed by atoms with Gasteiger partial charge in [0, 0.05) is 36.4 Å². The van der Waals surface area contributed by atoms with Crippen LogP contribution in [0.5, 0.6) is 0 Å². The van der Waals surface area contributed by atoms with E-state index in [1.165, 1.54) is 49.8 Å². The number of nitrogens with zero attached hydrogens (tertiary/aromatic N) is 4. The number of aliphatic carboxylic acids is 1. The molecule has 0 unspecified atom stereocenters. The molecule has 0 aliphatic carbocycles. The summed E-state index contributed by atoms with van der Waals surface area (Å²) in [6, 6.07) is 6.01. The van der Waals surface area contributed by atoms with Crippen LogP contribution in [-0.4, -0.2) is 74.5 Å². The van der Waals surface area contributed by atoms with Crippen LogP contribution in [0, 0.1) is 12.7 Å². The number of ether oxygens (including phenoxy) is 1. The number of pyridine rings is 2. The Morgan fingerprint density at radius 3 is 2.67 bits per heavy atom. The van der Waals surface area contributed by atoms with Gasteiger partial charge >= 0.3 is 17.8 Å². The second kappa shape index (κ2) is 12.5. The molecule has 12 nitrogen and oxygen atoms in total. The van der Waals surface area contributed by atoms with E-state index >= 15 is 4.39 Å². The SMILES string of the molecule is Cc1cc(N2CCOC[C@@H]2C(F)(F)F)cc(F)c1C(=O)N[C@@H](Cc1ccc(-n2c(=O)[nH]c3cnccc3c2=O)c2ncccc12)C(=O)O. The van der Waals surface area contributed by atoms with Crippen LogP contribution in [0.15, 0.2) is 70.6 Å². The van der Waals surface area contributed by atoms with E-state index in [9.17, 15) is 37.5 Å². The van der Waals surface area contributed by atoms with Crippen molar-refractivity contribution in [2.24, 2.45) is 0 Å². The lowest BCUT2D eigenvalue weighted by Crippen LogP contribution is -2.53. The molecule has 2 atom stereocenters. The van der Waals surface area contributed by atoms with E-state index in [-0.39, 0.29) is 52.9 Å². The number of aromatic amines is 1. The summed E-state index contributed by atoms with van der Waals surface area (Å²) in [5, 5.41) is 12.9. The van der Waals surface area contributed by atoms with Crippen molar-refractivity contribution in [3.8, 4) is 5.69 Å². The van der Waals surface area contributed by atoms with Gasteiger partial charge in [-0.3, -0.25) is 19.6 Å². The number of rotatable bonds is 7. The molecule has 0 bridgehead atoms. The van der Waals surface area contributed by atoms with Gasteiger partial charge in [-0.05, 0) is 48.4 Å².